The van der Waals surface area contributed by atoms with Crippen LogP contribution < -0.4 is 0 Å². The van der Waals surface area contributed by atoms with Crippen LogP contribution in [0, 0.1) is 5.82 Å². The number of benzene rings is 2. The first-order valence-corrected chi connectivity index (χ1v) is 7.32. The smallest absolute Gasteiger partial charge is 0.123 e. The highest BCUT2D eigenvalue weighted by molar-refractivity contribution is 7.99. The van der Waals surface area contributed by atoms with E-state index in [-0.39, 0.29) is 5.82 Å². The molecule has 106 valence electrons. The van der Waals surface area contributed by atoms with Crippen molar-refractivity contribution in [1.29, 1.82) is 0 Å². The summed E-state index contributed by atoms with van der Waals surface area (Å²) in [5.74, 6) is -0.359. The van der Waals surface area contributed by atoms with Crippen molar-refractivity contribution in [2.75, 3.05) is 0 Å². The fourth-order valence-corrected chi connectivity index (χ4v) is 3.18. The van der Waals surface area contributed by atoms with Crippen LogP contribution in [0.2, 0.25) is 0 Å². The minimum Gasteiger partial charge on any atom is -0.389 e. The molecule has 21 heavy (non-hydrogen) atoms. The number of hydrogen-bond donors (Lipinski definition) is 1. The molecule has 1 N–H and O–H groups in total. The van der Waals surface area contributed by atoms with E-state index >= 15 is 0 Å². The number of aromatic nitrogens is 2. The number of nitrogens with zero attached hydrogens (tertiary/aromatic N) is 2. The lowest BCUT2D eigenvalue weighted by molar-refractivity contribution is 0.196. The number of fused-ring (bicyclic) bond motifs is 1. The molecule has 0 fully saturated rings. The second kappa shape index (κ2) is 5.79. The largest absolute Gasteiger partial charge is 0.389 e. The molecule has 0 amide bonds. The first-order valence-electron chi connectivity index (χ1n) is 6.50. The fourth-order valence-electron chi connectivity index (χ4n) is 2.10. The second-order valence-corrected chi connectivity index (χ2v) is 5.69. The SMILES string of the molecule is C[C@H](O)c1cc(F)ccc1Sc1ncnc2ccccc12. The van der Waals surface area contributed by atoms with E-state index in [1.54, 1.807) is 13.0 Å². The summed E-state index contributed by atoms with van der Waals surface area (Å²) in [6.45, 7) is 1.62. The van der Waals surface area contributed by atoms with Gasteiger partial charge in [-0.05, 0) is 36.8 Å². The summed E-state index contributed by atoms with van der Waals surface area (Å²) in [5.41, 5.74) is 1.42. The average molecular weight is 300 g/mol. The molecule has 2 aromatic carbocycles. The third kappa shape index (κ3) is 2.89. The van der Waals surface area contributed by atoms with E-state index in [2.05, 4.69) is 9.97 Å². The van der Waals surface area contributed by atoms with Crippen molar-refractivity contribution in [2.24, 2.45) is 0 Å². The lowest BCUT2D eigenvalue weighted by atomic mass is 10.1. The van der Waals surface area contributed by atoms with E-state index in [0.717, 1.165) is 20.8 Å². The van der Waals surface area contributed by atoms with Gasteiger partial charge in [-0.2, -0.15) is 0 Å². The van der Waals surface area contributed by atoms with Crippen molar-refractivity contribution in [3.8, 4) is 0 Å². The Morgan fingerprint density at radius 2 is 1.95 bits per heavy atom. The molecule has 0 saturated carbocycles. The molecule has 0 bridgehead atoms. The summed E-state index contributed by atoms with van der Waals surface area (Å²) in [6.07, 6.45) is 0.771. The van der Waals surface area contributed by atoms with E-state index in [4.69, 9.17) is 0 Å². The normalized spacial score (nSPS) is 12.5. The number of rotatable bonds is 3. The first kappa shape index (κ1) is 14.0. The van der Waals surface area contributed by atoms with Crippen LogP contribution in [0.3, 0.4) is 0 Å². The van der Waals surface area contributed by atoms with Gasteiger partial charge in [0.25, 0.3) is 0 Å². The maximum Gasteiger partial charge on any atom is 0.123 e. The molecule has 1 heterocycles. The third-order valence-corrected chi connectivity index (χ3v) is 4.25. The predicted molar refractivity (Wildman–Crippen MR) is 80.7 cm³/mol. The molecule has 1 aromatic heterocycles. The number of hydrogen-bond acceptors (Lipinski definition) is 4. The zero-order valence-electron chi connectivity index (χ0n) is 11.3. The Kier molecular flexibility index (Phi) is 3.86. The number of halogens is 1. The minimum absolute atomic E-state index is 0.359. The Morgan fingerprint density at radius 3 is 2.76 bits per heavy atom. The first-order chi connectivity index (χ1) is 10.1. The molecule has 0 aliphatic heterocycles. The van der Waals surface area contributed by atoms with E-state index < -0.39 is 6.10 Å². The van der Waals surface area contributed by atoms with Gasteiger partial charge in [0.15, 0.2) is 0 Å². The molecule has 3 aromatic rings. The number of aliphatic hydroxyl groups excluding tert-OH is 1. The van der Waals surface area contributed by atoms with Crippen molar-refractivity contribution in [3.63, 3.8) is 0 Å². The van der Waals surface area contributed by atoms with Gasteiger partial charge in [-0.15, -0.1) is 0 Å². The Bertz CT molecular complexity index is 787. The molecule has 5 heteroatoms. The van der Waals surface area contributed by atoms with Crippen LogP contribution in [0.25, 0.3) is 10.9 Å². The maximum absolute atomic E-state index is 13.4. The number of aliphatic hydroxyl groups is 1. The van der Waals surface area contributed by atoms with Crippen LogP contribution in [0.1, 0.15) is 18.6 Å². The monoisotopic (exact) mass is 300 g/mol. The molecule has 0 saturated heterocycles. The Labute approximate surface area is 125 Å². The quantitative estimate of drug-likeness (QED) is 0.743. The molecular formula is C16H13FN2OS. The zero-order valence-corrected chi connectivity index (χ0v) is 12.1. The summed E-state index contributed by atoms with van der Waals surface area (Å²) in [6, 6.07) is 12.1. The Balaban J connectivity index is 2.07. The number of para-hydroxylation sites is 1. The lowest BCUT2D eigenvalue weighted by Gasteiger charge is -2.12. The van der Waals surface area contributed by atoms with Crippen LogP contribution in [0.5, 0.6) is 0 Å². The van der Waals surface area contributed by atoms with Crippen molar-refractivity contribution >= 4 is 22.7 Å². The van der Waals surface area contributed by atoms with Gasteiger partial charge in [-0.3, -0.25) is 0 Å². The lowest BCUT2D eigenvalue weighted by Crippen LogP contribution is -1.96. The fraction of sp³-hybridized carbons (Fsp3) is 0.125. The summed E-state index contributed by atoms with van der Waals surface area (Å²) in [4.78, 5) is 9.31. The van der Waals surface area contributed by atoms with Gasteiger partial charge in [0.1, 0.15) is 17.2 Å². The molecule has 0 aliphatic carbocycles. The summed E-state index contributed by atoms with van der Waals surface area (Å²) < 4.78 is 13.4. The second-order valence-electron chi connectivity index (χ2n) is 4.66. The zero-order chi connectivity index (χ0) is 14.8. The Hall–Kier alpha value is -1.98. The van der Waals surface area contributed by atoms with Crippen LogP contribution in [0.4, 0.5) is 4.39 Å². The summed E-state index contributed by atoms with van der Waals surface area (Å²) >= 11 is 1.40. The molecule has 0 aliphatic rings. The van der Waals surface area contributed by atoms with Crippen LogP contribution >= 0.6 is 11.8 Å². The molecule has 3 nitrogen and oxygen atoms in total. The topological polar surface area (TPSA) is 46.0 Å². The van der Waals surface area contributed by atoms with Gasteiger partial charge < -0.3 is 5.11 Å². The summed E-state index contributed by atoms with van der Waals surface area (Å²) in [7, 11) is 0. The van der Waals surface area contributed by atoms with Crippen molar-refractivity contribution < 1.29 is 9.50 Å². The van der Waals surface area contributed by atoms with Gasteiger partial charge in [0.2, 0.25) is 0 Å². The average Bonchev–Trinajstić information content (AvgIpc) is 2.49. The van der Waals surface area contributed by atoms with Crippen molar-refractivity contribution in [3.05, 3.63) is 60.2 Å². The highest BCUT2D eigenvalue weighted by Crippen LogP contribution is 2.35. The van der Waals surface area contributed by atoms with Gasteiger partial charge in [-0.25, -0.2) is 14.4 Å². The summed E-state index contributed by atoms with van der Waals surface area (Å²) in [5, 5.41) is 11.5. The van der Waals surface area contributed by atoms with Crippen molar-refractivity contribution in [2.45, 2.75) is 22.9 Å². The maximum atomic E-state index is 13.4. The van der Waals surface area contributed by atoms with Gasteiger partial charge in [0.05, 0.1) is 11.6 Å². The standard InChI is InChI=1S/C16H13FN2OS/c1-10(20)13-8-11(17)6-7-15(13)21-16-12-4-2-3-5-14(12)18-9-19-16/h2-10,20H,1H3/t10-/m0/s1. The van der Waals surface area contributed by atoms with Crippen LogP contribution in [-0.2, 0) is 0 Å². The van der Waals surface area contributed by atoms with Gasteiger partial charge >= 0.3 is 0 Å². The van der Waals surface area contributed by atoms with E-state index in [9.17, 15) is 9.50 Å². The van der Waals surface area contributed by atoms with E-state index in [1.807, 2.05) is 24.3 Å². The molecular weight excluding hydrogens is 287 g/mol. The predicted octanol–water partition coefficient (Wildman–Crippen LogP) is 3.97. The molecule has 3 rings (SSSR count). The van der Waals surface area contributed by atoms with Gasteiger partial charge in [0, 0.05) is 10.3 Å². The molecule has 0 radical (unpaired) electrons. The third-order valence-electron chi connectivity index (χ3n) is 3.13. The van der Waals surface area contributed by atoms with Gasteiger partial charge in [-0.1, -0.05) is 30.0 Å². The van der Waals surface area contributed by atoms with Crippen LogP contribution in [0.15, 0.2) is 58.7 Å². The highest BCUT2D eigenvalue weighted by Gasteiger charge is 2.13. The minimum atomic E-state index is -0.740. The van der Waals surface area contributed by atoms with E-state index in [0.29, 0.717) is 5.56 Å². The van der Waals surface area contributed by atoms with Crippen molar-refractivity contribution in [1.82, 2.24) is 9.97 Å². The Morgan fingerprint density at radius 1 is 1.14 bits per heavy atom. The van der Waals surface area contributed by atoms with Crippen LogP contribution in [-0.4, -0.2) is 15.1 Å². The molecule has 1 atom stereocenters. The molecule has 0 unspecified atom stereocenters. The van der Waals surface area contributed by atoms with E-state index in [1.165, 1.54) is 30.2 Å². The molecule has 0 spiro atoms. The highest BCUT2D eigenvalue weighted by atomic mass is 32.2.